The van der Waals surface area contributed by atoms with E-state index in [4.69, 9.17) is 14.2 Å². The fourth-order valence-corrected chi connectivity index (χ4v) is 2.24. The molecule has 3 rings (SSSR count). The van der Waals surface area contributed by atoms with Gasteiger partial charge in [0.2, 0.25) is 0 Å². The van der Waals surface area contributed by atoms with Crippen LogP contribution in [0.1, 0.15) is 11.1 Å². The molecule has 2 aromatic carbocycles. The Morgan fingerprint density at radius 2 is 1.42 bits per heavy atom. The van der Waals surface area contributed by atoms with Crippen LogP contribution in [0.5, 0.6) is 17.2 Å². The summed E-state index contributed by atoms with van der Waals surface area (Å²) in [4.78, 5) is 19.6. The van der Waals surface area contributed by atoms with E-state index in [0.717, 1.165) is 22.6 Å². The fourth-order valence-electron chi connectivity index (χ4n) is 2.24. The summed E-state index contributed by atoms with van der Waals surface area (Å²) < 4.78 is 16.1. The molecule has 0 bridgehead atoms. The van der Waals surface area contributed by atoms with Gasteiger partial charge in [0.15, 0.2) is 0 Å². The summed E-state index contributed by atoms with van der Waals surface area (Å²) in [6, 6.07) is 14.7. The maximum atomic E-state index is 11.8. The van der Waals surface area contributed by atoms with Gasteiger partial charge in [0.25, 0.3) is 0 Å². The van der Waals surface area contributed by atoms with E-state index >= 15 is 0 Å². The Bertz CT molecular complexity index is 834. The standard InChI is InChI=1S/C20H18N2O4/c1-24-17-6-8-19(9-7-17)26-18-4-2-15(3-5-18)13-25-20(23)10-16-11-21-14-22-12-16/h2-9,11-12,14H,10,13H2,1H3. The zero-order valence-electron chi connectivity index (χ0n) is 14.3. The summed E-state index contributed by atoms with van der Waals surface area (Å²) in [5.74, 6) is 1.87. The highest BCUT2D eigenvalue weighted by Crippen LogP contribution is 2.24. The third-order valence-corrected chi connectivity index (χ3v) is 3.58. The Morgan fingerprint density at radius 1 is 0.846 bits per heavy atom. The molecule has 0 fully saturated rings. The van der Waals surface area contributed by atoms with E-state index in [1.807, 2.05) is 48.5 Å². The van der Waals surface area contributed by atoms with Gasteiger partial charge in [0, 0.05) is 12.4 Å². The van der Waals surface area contributed by atoms with Crippen LogP contribution in [0.25, 0.3) is 0 Å². The number of hydrogen-bond acceptors (Lipinski definition) is 6. The summed E-state index contributed by atoms with van der Waals surface area (Å²) >= 11 is 0. The lowest BCUT2D eigenvalue weighted by molar-refractivity contribution is -0.144. The molecule has 26 heavy (non-hydrogen) atoms. The van der Waals surface area contributed by atoms with Gasteiger partial charge in [-0.25, -0.2) is 9.97 Å². The van der Waals surface area contributed by atoms with E-state index in [0.29, 0.717) is 5.75 Å². The maximum absolute atomic E-state index is 11.8. The van der Waals surface area contributed by atoms with Crippen LogP contribution in [0, 0.1) is 0 Å². The van der Waals surface area contributed by atoms with Crippen LogP contribution in [0.15, 0.2) is 67.3 Å². The predicted molar refractivity (Wildman–Crippen MR) is 95.0 cm³/mol. The minimum absolute atomic E-state index is 0.152. The molecule has 132 valence electrons. The highest BCUT2D eigenvalue weighted by atomic mass is 16.5. The smallest absolute Gasteiger partial charge is 0.310 e. The maximum Gasteiger partial charge on any atom is 0.310 e. The first-order chi connectivity index (χ1) is 12.7. The molecule has 0 amide bonds. The molecule has 0 atom stereocenters. The molecule has 0 aliphatic rings. The first-order valence-electron chi connectivity index (χ1n) is 8.03. The van der Waals surface area contributed by atoms with Crippen LogP contribution in [0.3, 0.4) is 0 Å². The molecule has 6 nitrogen and oxygen atoms in total. The van der Waals surface area contributed by atoms with Gasteiger partial charge in [-0.3, -0.25) is 4.79 Å². The second-order valence-corrected chi connectivity index (χ2v) is 5.51. The lowest BCUT2D eigenvalue weighted by Gasteiger charge is -2.08. The van der Waals surface area contributed by atoms with E-state index in [-0.39, 0.29) is 19.0 Å². The van der Waals surface area contributed by atoms with Gasteiger partial charge in [-0.1, -0.05) is 12.1 Å². The van der Waals surface area contributed by atoms with Crippen molar-refractivity contribution in [2.45, 2.75) is 13.0 Å². The quantitative estimate of drug-likeness (QED) is 0.607. The highest BCUT2D eigenvalue weighted by molar-refractivity contribution is 5.72. The van der Waals surface area contributed by atoms with Crippen molar-refractivity contribution in [1.82, 2.24) is 9.97 Å². The SMILES string of the molecule is COc1ccc(Oc2ccc(COC(=O)Cc3cncnc3)cc2)cc1. The van der Waals surface area contributed by atoms with Crippen molar-refractivity contribution in [3.05, 3.63) is 78.4 Å². The van der Waals surface area contributed by atoms with Gasteiger partial charge in [-0.15, -0.1) is 0 Å². The number of ether oxygens (including phenoxy) is 3. The van der Waals surface area contributed by atoms with E-state index in [1.54, 1.807) is 19.5 Å². The number of hydrogen-bond donors (Lipinski definition) is 0. The summed E-state index contributed by atoms with van der Waals surface area (Å²) in [5, 5.41) is 0. The molecule has 0 N–H and O–H groups in total. The molecule has 6 heteroatoms. The van der Waals surface area contributed by atoms with Crippen molar-refractivity contribution in [3.8, 4) is 17.2 Å². The number of carbonyl (C=O) groups excluding carboxylic acids is 1. The van der Waals surface area contributed by atoms with Gasteiger partial charge in [0.05, 0.1) is 13.5 Å². The second-order valence-electron chi connectivity index (χ2n) is 5.51. The molecule has 1 aromatic heterocycles. The van der Waals surface area contributed by atoms with Crippen LogP contribution >= 0.6 is 0 Å². The summed E-state index contributed by atoms with van der Waals surface area (Å²) in [6.45, 7) is 0.204. The van der Waals surface area contributed by atoms with E-state index in [2.05, 4.69) is 9.97 Å². The van der Waals surface area contributed by atoms with Crippen LogP contribution in [0.4, 0.5) is 0 Å². The number of methoxy groups -OCH3 is 1. The van der Waals surface area contributed by atoms with Gasteiger partial charge in [-0.05, 0) is 47.5 Å². The molecule has 0 saturated carbocycles. The molecule has 0 radical (unpaired) electrons. The highest BCUT2D eigenvalue weighted by Gasteiger charge is 2.06. The summed E-state index contributed by atoms with van der Waals surface area (Å²) in [6.07, 6.45) is 4.77. The number of benzene rings is 2. The van der Waals surface area contributed by atoms with Crippen LogP contribution in [-0.4, -0.2) is 23.0 Å². The monoisotopic (exact) mass is 350 g/mol. The van der Waals surface area contributed by atoms with Crippen molar-refractivity contribution in [2.24, 2.45) is 0 Å². The van der Waals surface area contributed by atoms with E-state index in [1.165, 1.54) is 6.33 Å². The molecule has 0 aliphatic heterocycles. The largest absolute Gasteiger partial charge is 0.497 e. The zero-order valence-corrected chi connectivity index (χ0v) is 14.3. The van der Waals surface area contributed by atoms with Gasteiger partial charge >= 0.3 is 5.97 Å². The number of nitrogens with zero attached hydrogens (tertiary/aromatic N) is 2. The fraction of sp³-hybridized carbons (Fsp3) is 0.150. The third kappa shape index (κ3) is 5.04. The molecule has 1 heterocycles. The second kappa shape index (κ2) is 8.62. The lowest BCUT2D eigenvalue weighted by Crippen LogP contribution is -2.08. The van der Waals surface area contributed by atoms with Crippen LogP contribution in [-0.2, 0) is 22.6 Å². The average molecular weight is 350 g/mol. The normalized spacial score (nSPS) is 10.2. The molecular weight excluding hydrogens is 332 g/mol. The van der Waals surface area contributed by atoms with E-state index < -0.39 is 0 Å². The molecule has 0 saturated heterocycles. The third-order valence-electron chi connectivity index (χ3n) is 3.58. The number of esters is 1. The van der Waals surface area contributed by atoms with E-state index in [9.17, 15) is 4.79 Å². The van der Waals surface area contributed by atoms with Crippen molar-refractivity contribution in [2.75, 3.05) is 7.11 Å². The Balaban J connectivity index is 1.50. The molecule has 0 spiro atoms. The van der Waals surface area contributed by atoms with Crippen LogP contribution in [0.2, 0.25) is 0 Å². The molecule has 3 aromatic rings. The number of rotatable bonds is 7. The summed E-state index contributed by atoms with van der Waals surface area (Å²) in [5.41, 5.74) is 1.60. The topological polar surface area (TPSA) is 70.5 Å². The number of aromatic nitrogens is 2. The number of carbonyl (C=O) groups is 1. The van der Waals surface area contributed by atoms with Crippen molar-refractivity contribution < 1.29 is 19.0 Å². The lowest BCUT2D eigenvalue weighted by atomic mass is 10.2. The Hall–Kier alpha value is -3.41. The Morgan fingerprint density at radius 3 is 2.04 bits per heavy atom. The minimum Gasteiger partial charge on any atom is -0.497 e. The Labute approximate surface area is 151 Å². The Kier molecular flexibility index (Phi) is 5.77. The van der Waals surface area contributed by atoms with Gasteiger partial charge in [-0.2, -0.15) is 0 Å². The van der Waals surface area contributed by atoms with Crippen molar-refractivity contribution in [1.29, 1.82) is 0 Å². The molecular formula is C20H18N2O4. The first-order valence-corrected chi connectivity index (χ1v) is 8.03. The van der Waals surface area contributed by atoms with Gasteiger partial charge in [0.1, 0.15) is 30.2 Å². The van der Waals surface area contributed by atoms with Crippen molar-refractivity contribution in [3.63, 3.8) is 0 Å². The summed E-state index contributed by atoms with van der Waals surface area (Å²) in [7, 11) is 1.62. The average Bonchev–Trinajstić information content (AvgIpc) is 2.69. The van der Waals surface area contributed by atoms with Crippen molar-refractivity contribution >= 4 is 5.97 Å². The van der Waals surface area contributed by atoms with Crippen LogP contribution < -0.4 is 9.47 Å². The molecule has 0 unspecified atom stereocenters. The minimum atomic E-state index is -0.321. The zero-order chi connectivity index (χ0) is 18.2. The first kappa shape index (κ1) is 17.4. The predicted octanol–water partition coefficient (Wildman–Crippen LogP) is 3.56. The molecule has 0 aliphatic carbocycles. The van der Waals surface area contributed by atoms with Gasteiger partial charge < -0.3 is 14.2 Å².